The summed E-state index contributed by atoms with van der Waals surface area (Å²) in [6, 6.07) is 15.6. The van der Waals surface area contributed by atoms with Crippen LogP contribution in [0, 0.1) is 11.3 Å². The maximum atomic E-state index is 12.8. The van der Waals surface area contributed by atoms with Gasteiger partial charge in [0.05, 0.1) is 18.2 Å². The molecule has 25 heavy (non-hydrogen) atoms. The van der Waals surface area contributed by atoms with Crippen LogP contribution in [0.4, 0.5) is 0 Å². The van der Waals surface area contributed by atoms with E-state index < -0.39 is 0 Å². The van der Waals surface area contributed by atoms with Gasteiger partial charge in [-0.25, -0.2) is 4.98 Å². The van der Waals surface area contributed by atoms with E-state index in [1.807, 2.05) is 47.8 Å². The van der Waals surface area contributed by atoms with Gasteiger partial charge < -0.3 is 4.90 Å². The van der Waals surface area contributed by atoms with E-state index in [9.17, 15) is 4.79 Å². The molecule has 0 aliphatic carbocycles. The highest BCUT2D eigenvalue weighted by atomic mass is 32.1. The van der Waals surface area contributed by atoms with E-state index in [2.05, 4.69) is 16.0 Å². The molecular formula is C19H16N4OS. The number of hydrogen-bond acceptors (Lipinski definition) is 5. The Bertz CT molecular complexity index is 871. The molecule has 0 aliphatic heterocycles. The first-order chi connectivity index (χ1) is 12.3. The summed E-state index contributed by atoms with van der Waals surface area (Å²) in [5, 5.41) is 11.2. The van der Waals surface area contributed by atoms with Crippen molar-refractivity contribution in [3.63, 3.8) is 0 Å². The standard InChI is InChI=1S/C19H16N4OS/c20-9-5-11-23(13-15-6-4-10-21-12-15)19(24)18-22-17(14-25-18)16-7-2-1-3-8-16/h1-4,6-8,10,12,14H,5,11,13H2. The third-order valence-electron chi connectivity index (χ3n) is 3.63. The normalized spacial score (nSPS) is 10.2. The number of hydrogen-bond donors (Lipinski definition) is 0. The summed E-state index contributed by atoms with van der Waals surface area (Å²) in [6.45, 7) is 0.777. The van der Waals surface area contributed by atoms with Crippen molar-refractivity contribution < 1.29 is 4.79 Å². The van der Waals surface area contributed by atoms with Crippen molar-refractivity contribution in [2.45, 2.75) is 13.0 Å². The maximum absolute atomic E-state index is 12.8. The first-order valence-corrected chi connectivity index (χ1v) is 8.72. The molecule has 0 saturated carbocycles. The summed E-state index contributed by atoms with van der Waals surface area (Å²) in [7, 11) is 0. The largest absolute Gasteiger partial charge is 0.331 e. The summed E-state index contributed by atoms with van der Waals surface area (Å²) >= 11 is 1.32. The van der Waals surface area contributed by atoms with Gasteiger partial charge in [-0.15, -0.1) is 11.3 Å². The second-order valence-corrected chi connectivity index (χ2v) is 6.26. The van der Waals surface area contributed by atoms with Crippen LogP contribution in [-0.2, 0) is 6.54 Å². The molecule has 0 fully saturated rings. The predicted octanol–water partition coefficient (Wildman–Crippen LogP) is 3.76. The highest BCUT2D eigenvalue weighted by Gasteiger charge is 2.20. The number of nitrogens with zero attached hydrogens (tertiary/aromatic N) is 4. The van der Waals surface area contributed by atoms with E-state index in [0.29, 0.717) is 18.1 Å². The number of carbonyl (C=O) groups excluding carboxylic acids is 1. The Labute approximate surface area is 150 Å². The van der Waals surface area contributed by atoms with Crippen molar-refractivity contribution in [1.29, 1.82) is 5.26 Å². The van der Waals surface area contributed by atoms with Crippen LogP contribution in [0.3, 0.4) is 0 Å². The van der Waals surface area contributed by atoms with Gasteiger partial charge in [0.1, 0.15) is 0 Å². The SMILES string of the molecule is N#CCCN(Cc1cccnc1)C(=O)c1nc(-c2ccccc2)cs1. The zero-order chi connectivity index (χ0) is 17.5. The van der Waals surface area contributed by atoms with Gasteiger partial charge in [-0.05, 0) is 11.6 Å². The molecule has 3 aromatic rings. The summed E-state index contributed by atoms with van der Waals surface area (Å²) < 4.78 is 0. The Hall–Kier alpha value is -3.04. The smallest absolute Gasteiger partial charge is 0.283 e. The fourth-order valence-electron chi connectivity index (χ4n) is 2.40. The monoisotopic (exact) mass is 348 g/mol. The van der Waals surface area contributed by atoms with Crippen LogP contribution in [0.25, 0.3) is 11.3 Å². The molecule has 0 unspecified atom stereocenters. The molecule has 6 heteroatoms. The molecule has 124 valence electrons. The van der Waals surface area contributed by atoms with E-state index in [0.717, 1.165) is 16.8 Å². The molecule has 2 aromatic heterocycles. The molecule has 1 aromatic carbocycles. The van der Waals surface area contributed by atoms with Crippen LogP contribution in [-0.4, -0.2) is 27.3 Å². The third-order valence-corrected chi connectivity index (χ3v) is 4.46. The van der Waals surface area contributed by atoms with Crippen molar-refractivity contribution in [1.82, 2.24) is 14.9 Å². The molecule has 0 saturated heterocycles. The van der Waals surface area contributed by atoms with Gasteiger partial charge >= 0.3 is 0 Å². The zero-order valence-electron chi connectivity index (χ0n) is 13.5. The molecule has 2 heterocycles. The number of aromatic nitrogens is 2. The summed E-state index contributed by atoms with van der Waals surface area (Å²) in [5.74, 6) is -0.161. The second kappa shape index (κ2) is 8.18. The number of nitriles is 1. The number of pyridine rings is 1. The number of carbonyl (C=O) groups is 1. The minimum Gasteiger partial charge on any atom is -0.331 e. The second-order valence-electron chi connectivity index (χ2n) is 5.40. The van der Waals surface area contributed by atoms with Crippen LogP contribution in [0.5, 0.6) is 0 Å². The van der Waals surface area contributed by atoms with Crippen molar-refractivity contribution in [3.8, 4) is 17.3 Å². The van der Waals surface area contributed by atoms with Gasteiger partial charge in [0, 0.05) is 36.4 Å². The molecule has 1 amide bonds. The van der Waals surface area contributed by atoms with Gasteiger partial charge in [0.25, 0.3) is 5.91 Å². The van der Waals surface area contributed by atoms with Crippen LogP contribution < -0.4 is 0 Å². The van der Waals surface area contributed by atoms with Crippen LogP contribution >= 0.6 is 11.3 Å². The van der Waals surface area contributed by atoms with Crippen LogP contribution in [0.1, 0.15) is 21.8 Å². The molecule has 5 nitrogen and oxygen atoms in total. The van der Waals surface area contributed by atoms with Gasteiger partial charge in [-0.3, -0.25) is 9.78 Å². The fourth-order valence-corrected chi connectivity index (χ4v) is 3.19. The summed E-state index contributed by atoms with van der Waals surface area (Å²) in [5.41, 5.74) is 2.69. The van der Waals surface area contributed by atoms with E-state index in [1.54, 1.807) is 17.3 Å². The van der Waals surface area contributed by atoms with E-state index in [1.165, 1.54) is 11.3 Å². The highest BCUT2D eigenvalue weighted by Crippen LogP contribution is 2.23. The molecule has 0 N–H and O–H groups in total. The lowest BCUT2D eigenvalue weighted by atomic mass is 10.2. The first-order valence-electron chi connectivity index (χ1n) is 7.84. The van der Waals surface area contributed by atoms with Gasteiger partial charge in [-0.2, -0.15) is 5.26 Å². The van der Waals surface area contributed by atoms with Gasteiger partial charge in [0.2, 0.25) is 0 Å². The number of amides is 1. The lowest BCUT2D eigenvalue weighted by Crippen LogP contribution is -2.31. The summed E-state index contributed by atoms with van der Waals surface area (Å²) in [4.78, 5) is 23.0. The Morgan fingerprint density at radius 1 is 1.20 bits per heavy atom. The molecule has 3 rings (SSSR count). The van der Waals surface area contributed by atoms with Crippen molar-refractivity contribution in [2.24, 2.45) is 0 Å². The lowest BCUT2D eigenvalue weighted by molar-refractivity contribution is 0.0746. The first kappa shape index (κ1) is 16.8. The Kier molecular flexibility index (Phi) is 5.50. The van der Waals surface area contributed by atoms with Crippen LogP contribution in [0.2, 0.25) is 0 Å². The molecule has 0 atom stereocenters. The van der Waals surface area contributed by atoms with E-state index in [4.69, 9.17) is 5.26 Å². The van der Waals surface area contributed by atoms with Crippen molar-refractivity contribution in [3.05, 3.63) is 70.8 Å². The Morgan fingerprint density at radius 3 is 2.76 bits per heavy atom. The van der Waals surface area contributed by atoms with Gasteiger partial charge in [0.15, 0.2) is 5.01 Å². The van der Waals surface area contributed by atoms with Crippen LogP contribution in [0.15, 0.2) is 60.2 Å². The molecule has 0 spiro atoms. The number of thiazole rings is 1. The quantitative estimate of drug-likeness (QED) is 0.680. The fraction of sp³-hybridized carbons (Fsp3) is 0.158. The molecule has 0 bridgehead atoms. The average Bonchev–Trinajstić information content (AvgIpc) is 3.16. The van der Waals surface area contributed by atoms with E-state index in [-0.39, 0.29) is 12.3 Å². The summed E-state index contributed by atoms with van der Waals surface area (Å²) in [6.07, 6.45) is 3.70. The van der Waals surface area contributed by atoms with E-state index >= 15 is 0 Å². The number of rotatable bonds is 6. The topological polar surface area (TPSA) is 69.9 Å². The Morgan fingerprint density at radius 2 is 2.04 bits per heavy atom. The predicted molar refractivity (Wildman–Crippen MR) is 96.8 cm³/mol. The molecular weight excluding hydrogens is 332 g/mol. The van der Waals surface area contributed by atoms with Gasteiger partial charge in [-0.1, -0.05) is 36.4 Å². The zero-order valence-corrected chi connectivity index (χ0v) is 14.3. The minimum atomic E-state index is -0.161. The average molecular weight is 348 g/mol. The minimum absolute atomic E-state index is 0.161. The van der Waals surface area contributed by atoms with Crippen molar-refractivity contribution in [2.75, 3.05) is 6.54 Å². The number of benzene rings is 1. The third kappa shape index (κ3) is 4.28. The van der Waals surface area contributed by atoms with Crippen molar-refractivity contribution >= 4 is 17.2 Å². The Balaban J connectivity index is 1.80. The molecule has 0 radical (unpaired) electrons. The maximum Gasteiger partial charge on any atom is 0.283 e. The molecule has 0 aliphatic rings. The lowest BCUT2D eigenvalue weighted by Gasteiger charge is -2.20. The highest BCUT2D eigenvalue weighted by molar-refractivity contribution is 7.12.